The van der Waals surface area contributed by atoms with Crippen LogP contribution in [0.1, 0.15) is 12.0 Å². The van der Waals surface area contributed by atoms with Crippen LogP contribution in [0.2, 0.25) is 0 Å². The number of hydrogen-bond acceptors (Lipinski definition) is 5. The number of carbonyl (C=O) groups is 1. The molecule has 6 nitrogen and oxygen atoms in total. The van der Waals surface area contributed by atoms with E-state index < -0.39 is 24.9 Å². The third-order valence-corrected chi connectivity index (χ3v) is 4.80. The van der Waals surface area contributed by atoms with Crippen LogP contribution < -0.4 is 10.2 Å². The van der Waals surface area contributed by atoms with E-state index in [0.717, 1.165) is 16.7 Å². The number of alkyl halides is 2. The number of piperazine rings is 1. The summed E-state index contributed by atoms with van der Waals surface area (Å²) in [5, 5.41) is 2.62. The third-order valence-electron chi connectivity index (χ3n) is 4.80. The lowest BCUT2D eigenvalue weighted by molar-refractivity contribution is -0.134. The fourth-order valence-electron chi connectivity index (χ4n) is 3.39. The summed E-state index contributed by atoms with van der Waals surface area (Å²) in [4.78, 5) is 20.5. The number of amides is 1. The second-order valence-corrected chi connectivity index (χ2v) is 6.77. The molecule has 1 aromatic carbocycles. The second kappa shape index (κ2) is 5.94. The minimum absolute atomic E-state index is 0.245. The molecule has 8 heteroatoms. The first-order valence-corrected chi connectivity index (χ1v) is 8.43. The van der Waals surface area contributed by atoms with Crippen molar-refractivity contribution in [1.82, 2.24) is 15.2 Å². The van der Waals surface area contributed by atoms with Gasteiger partial charge in [0.05, 0.1) is 12.6 Å². The van der Waals surface area contributed by atoms with Crippen molar-refractivity contribution >= 4 is 23.0 Å². The predicted molar refractivity (Wildman–Crippen MR) is 88.9 cm³/mol. The molecule has 0 aliphatic carbocycles. The van der Waals surface area contributed by atoms with Gasteiger partial charge < -0.3 is 14.2 Å². The van der Waals surface area contributed by atoms with E-state index in [1.54, 1.807) is 4.90 Å². The number of fused-ring (bicyclic) bond motifs is 1. The highest BCUT2D eigenvalue weighted by molar-refractivity contribution is 5.82. The maximum Gasteiger partial charge on any atom is 0.298 e. The number of halogens is 2. The van der Waals surface area contributed by atoms with Crippen molar-refractivity contribution in [2.75, 3.05) is 37.6 Å². The topological polar surface area (TPSA) is 61.6 Å². The molecular formula is C17H20F2N4O2. The maximum atomic E-state index is 13.3. The molecule has 2 aromatic rings. The predicted octanol–water partition coefficient (Wildman–Crippen LogP) is 1.78. The van der Waals surface area contributed by atoms with Crippen LogP contribution in [0.3, 0.4) is 0 Å². The Morgan fingerprint density at radius 3 is 2.76 bits per heavy atom. The number of nitrogens with one attached hydrogen (secondary N) is 1. The normalized spacial score (nSPS) is 23.4. The smallest absolute Gasteiger partial charge is 0.298 e. The fourth-order valence-corrected chi connectivity index (χ4v) is 3.39. The summed E-state index contributed by atoms with van der Waals surface area (Å²) in [5.74, 6) is -3.04. The molecule has 1 atom stereocenters. The number of aryl methyl sites for hydroxylation is 1. The lowest BCUT2D eigenvalue weighted by Gasteiger charge is -2.35. The molecule has 0 saturated carbocycles. The van der Waals surface area contributed by atoms with E-state index in [1.165, 1.54) is 0 Å². The highest BCUT2D eigenvalue weighted by Gasteiger charge is 2.43. The third kappa shape index (κ3) is 3.18. The molecule has 4 rings (SSSR count). The summed E-state index contributed by atoms with van der Waals surface area (Å²) >= 11 is 0. The molecule has 2 aliphatic heterocycles. The Morgan fingerprint density at radius 1 is 1.32 bits per heavy atom. The molecule has 0 spiro atoms. The monoisotopic (exact) mass is 350 g/mol. The molecule has 2 fully saturated rings. The highest BCUT2D eigenvalue weighted by atomic mass is 19.3. The Kier molecular flexibility index (Phi) is 3.87. The standard InChI is InChI=1S/C17H20F2N4O2/c1-11-2-3-14-12(8-11)21-16(25-14)23-6-4-22(5-7-23)15(24)13-9-17(18,19)10-20-13/h2-3,8,13,20H,4-7,9-10H2,1H3. The SMILES string of the molecule is Cc1ccc2oc(N3CCN(C(=O)C4CC(F)(F)CN4)CC3)nc2c1. The summed E-state index contributed by atoms with van der Waals surface area (Å²) in [7, 11) is 0. The number of nitrogens with zero attached hydrogens (tertiary/aromatic N) is 3. The molecular weight excluding hydrogens is 330 g/mol. The summed E-state index contributed by atoms with van der Waals surface area (Å²) in [5.41, 5.74) is 2.66. The first kappa shape index (κ1) is 16.3. The Bertz CT molecular complexity index is 799. The van der Waals surface area contributed by atoms with E-state index in [1.807, 2.05) is 30.0 Å². The Morgan fingerprint density at radius 2 is 2.08 bits per heavy atom. The van der Waals surface area contributed by atoms with E-state index in [-0.39, 0.29) is 5.91 Å². The van der Waals surface area contributed by atoms with Gasteiger partial charge in [0.15, 0.2) is 5.58 Å². The largest absolute Gasteiger partial charge is 0.423 e. The summed E-state index contributed by atoms with van der Waals surface area (Å²) < 4.78 is 32.3. The minimum atomic E-state index is -2.79. The van der Waals surface area contributed by atoms with E-state index in [9.17, 15) is 13.6 Å². The Balaban J connectivity index is 1.40. The van der Waals surface area contributed by atoms with Gasteiger partial charge in [-0.1, -0.05) is 6.07 Å². The second-order valence-electron chi connectivity index (χ2n) is 6.77. The van der Waals surface area contributed by atoms with E-state index in [2.05, 4.69) is 10.3 Å². The minimum Gasteiger partial charge on any atom is -0.423 e. The van der Waals surface area contributed by atoms with Gasteiger partial charge in [-0.05, 0) is 24.6 Å². The van der Waals surface area contributed by atoms with Crippen LogP contribution in [-0.4, -0.2) is 60.5 Å². The average molecular weight is 350 g/mol. The quantitative estimate of drug-likeness (QED) is 0.895. The summed E-state index contributed by atoms with van der Waals surface area (Å²) in [6.07, 6.45) is -0.420. The molecule has 1 amide bonds. The van der Waals surface area contributed by atoms with E-state index in [0.29, 0.717) is 32.2 Å². The van der Waals surface area contributed by atoms with Crippen molar-refractivity contribution in [3.63, 3.8) is 0 Å². The van der Waals surface area contributed by atoms with Crippen LogP contribution >= 0.6 is 0 Å². The zero-order valence-electron chi connectivity index (χ0n) is 14.0. The highest BCUT2D eigenvalue weighted by Crippen LogP contribution is 2.27. The Hall–Kier alpha value is -2.22. The number of benzene rings is 1. The van der Waals surface area contributed by atoms with Crippen molar-refractivity contribution < 1.29 is 18.0 Å². The number of anilines is 1. The van der Waals surface area contributed by atoms with Crippen molar-refractivity contribution in [3.8, 4) is 0 Å². The van der Waals surface area contributed by atoms with Crippen molar-refractivity contribution in [3.05, 3.63) is 23.8 Å². The first-order chi connectivity index (χ1) is 11.9. The lowest BCUT2D eigenvalue weighted by atomic mass is 10.1. The molecule has 2 aliphatic rings. The van der Waals surface area contributed by atoms with Crippen LogP contribution in [0.15, 0.2) is 22.6 Å². The van der Waals surface area contributed by atoms with Crippen LogP contribution in [0.25, 0.3) is 11.1 Å². The molecule has 1 aromatic heterocycles. The van der Waals surface area contributed by atoms with Gasteiger partial charge in [0, 0.05) is 32.6 Å². The van der Waals surface area contributed by atoms with Crippen LogP contribution in [0.4, 0.5) is 14.8 Å². The summed E-state index contributed by atoms with van der Waals surface area (Å²) in [6, 6.07) is 5.59. The van der Waals surface area contributed by atoms with Gasteiger partial charge in [0.1, 0.15) is 5.52 Å². The van der Waals surface area contributed by atoms with Crippen molar-refractivity contribution in [1.29, 1.82) is 0 Å². The molecule has 1 N–H and O–H groups in total. The van der Waals surface area contributed by atoms with Gasteiger partial charge >= 0.3 is 0 Å². The Labute approximate surface area is 143 Å². The average Bonchev–Trinajstić information content (AvgIpc) is 3.17. The zero-order chi connectivity index (χ0) is 17.6. The summed E-state index contributed by atoms with van der Waals surface area (Å²) in [6.45, 7) is 3.66. The molecule has 0 radical (unpaired) electrons. The van der Waals surface area contributed by atoms with Gasteiger partial charge in [-0.25, -0.2) is 8.78 Å². The number of carbonyl (C=O) groups excluding carboxylic acids is 1. The fraction of sp³-hybridized carbons (Fsp3) is 0.529. The molecule has 2 saturated heterocycles. The maximum absolute atomic E-state index is 13.3. The van der Waals surface area contributed by atoms with Gasteiger partial charge in [0.25, 0.3) is 11.9 Å². The zero-order valence-corrected chi connectivity index (χ0v) is 14.0. The number of rotatable bonds is 2. The first-order valence-electron chi connectivity index (χ1n) is 8.43. The van der Waals surface area contributed by atoms with E-state index >= 15 is 0 Å². The van der Waals surface area contributed by atoms with Gasteiger partial charge in [0.2, 0.25) is 5.91 Å². The van der Waals surface area contributed by atoms with Gasteiger partial charge in [-0.15, -0.1) is 0 Å². The lowest BCUT2D eigenvalue weighted by Crippen LogP contribution is -2.53. The molecule has 1 unspecified atom stereocenters. The van der Waals surface area contributed by atoms with Crippen LogP contribution in [-0.2, 0) is 4.79 Å². The molecule has 3 heterocycles. The molecule has 25 heavy (non-hydrogen) atoms. The van der Waals surface area contributed by atoms with Crippen molar-refractivity contribution in [2.45, 2.75) is 25.3 Å². The van der Waals surface area contributed by atoms with Crippen molar-refractivity contribution in [2.24, 2.45) is 0 Å². The van der Waals surface area contributed by atoms with Crippen LogP contribution in [0.5, 0.6) is 0 Å². The number of hydrogen-bond donors (Lipinski definition) is 1. The molecule has 134 valence electrons. The van der Waals surface area contributed by atoms with Crippen LogP contribution in [0, 0.1) is 6.92 Å². The van der Waals surface area contributed by atoms with Gasteiger partial charge in [-0.3, -0.25) is 10.1 Å². The molecule has 0 bridgehead atoms. The number of aromatic nitrogens is 1. The van der Waals surface area contributed by atoms with E-state index in [4.69, 9.17) is 4.42 Å². The number of oxazole rings is 1. The van der Waals surface area contributed by atoms with Gasteiger partial charge in [-0.2, -0.15) is 4.98 Å².